The van der Waals surface area contributed by atoms with Crippen LogP contribution in [0.5, 0.6) is 5.75 Å². The predicted molar refractivity (Wildman–Crippen MR) is 187 cm³/mol. The molecule has 2 N–H and O–H groups in total. The normalized spacial score (nSPS) is 19.9. The van der Waals surface area contributed by atoms with Crippen molar-refractivity contribution >= 4 is 29.6 Å². The van der Waals surface area contributed by atoms with Crippen LogP contribution in [0, 0.1) is 12.8 Å². The number of amides is 2. The van der Waals surface area contributed by atoms with Gasteiger partial charge in [-0.1, -0.05) is 55.2 Å². The number of benzene rings is 2. The maximum absolute atomic E-state index is 13.3. The van der Waals surface area contributed by atoms with Crippen molar-refractivity contribution in [3.05, 3.63) is 65.2 Å². The lowest BCUT2D eigenvalue weighted by Crippen LogP contribution is -2.48. The zero-order valence-corrected chi connectivity index (χ0v) is 29.5. The monoisotopic (exact) mass is 651 g/mol. The molecule has 0 unspecified atom stereocenters. The van der Waals surface area contributed by atoms with E-state index in [2.05, 4.69) is 53.9 Å². The summed E-state index contributed by atoms with van der Waals surface area (Å²) in [5.41, 5.74) is 4.48. The van der Waals surface area contributed by atoms with Crippen molar-refractivity contribution in [1.82, 2.24) is 9.62 Å². The van der Waals surface area contributed by atoms with Crippen molar-refractivity contribution in [1.29, 1.82) is 0 Å². The Morgan fingerprint density at radius 3 is 2.63 bits per heavy atom. The second-order valence-corrected chi connectivity index (χ2v) is 14.8. The number of allylic oxidation sites excluding steroid dienone is 1. The number of carbonyl (C=O) groups is 2. The summed E-state index contributed by atoms with van der Waals surface area (Å²) in [4.78, 5) is 31.1. The molecule has 2 aromatic rings. The van der Waals surface area contributed by atoms with Crippen LogP contribution in [0.2, 0.25) is 0 Å². The summed E-state index contributed by atoms with van der Waals surface area (Å²) in [7, 11) is 3.13. The van der Waals surface area contributed by atoms with E-state index in [9.17, 15) is 9.59 Å². The van der Waals surface area contributed by atoms with Gasteiger partial charge in [0.05, 0.1) is 12.3 Å². The number of fused-ring (bicyclic) bond motifs is 3. The van der Waals surface area contributed by atoms with Crippen molar-refractivity contribution in [3.8, 4) is 5.75 Å². The first-order valence-electron chi connectivity index (χ1n) is 16.6. The summed E-state index contributed by atoms with van der Waals surface area (Å²) >= 11 is 1.26. The van der Waals surface area contributed by atoms with Crippen molar-refractivity contribution in [2.75, 3.05) is 38.8 Å². The second-order valence-electron chi connectivity index (χ2n) is 13.9. The van der Waals surface area contributed by atoms with E-state index in [1.807, 2.05) is 39.0 Å². The largest absolute Gasteiger partial charge is 0.490 e. The topological polar surface area (TPSA) is 91.3 Å². The first-order chi connectivity index (χ1) is 21.9. The molecule has 2 amide bonds. The Morgan fingerprint density at radius 1 is 1.17 bits per heavy atom. The predicted octanol–water partition coefficient (Wildman–Crippen LogP) is 7.20. The van der Waals surface area contributed by atoms with Gasteiger partial charge in [-0.15, -0.1) is 0 Å². The number of hydrogen-bond donors (Lipinski definition) is 2. The molecule has 1 spiro atoms. The highest BCUT2D eigenvalue weighted by molar-refractivity contribution is 7.98. The molecule has 0 bridgehead atoms. The van der Waals surface area contributed by atoms with E-state index in [0.29, 0.717) is 13.2 Å². The number of hydrogen-bond acceptors (Lipinski definition) is 7. The van der Waals surface area contributed by atoms with Crippen LogP contribution in [0.3, 0.4) is 0 Å². The number of aliphatic hydroxyl groups excluding tert-OH is 1. The standard InChI is InChI=1S/C36H49N3O4S.CH4O/c1-25-15-17-30-28(21-25)14-10-19-36(30)23-38(6)31-22-29(16-18-32(31)42-24-36)44-37-33(40)26(2)39(34(41)43-35(3,4)5)20-8-7-11-27-12-9-13-27;1-2/h7-8,15-18,21-22,26-27H,9-14,19-20,23-24H2,1-6H3,(H,37,40);2H,1H3/b8-7-;/t26-,36+;/m1./s1. The van der Waals surface area contributed by atoms with Crippen molar-refractivity contribution in [3.63, 3.8) is 0 Å². The summed E-state index contributed by atoms with van der Waals surface area (Å²) < 4.78 is 15.1. The maximum Gasteiger partial charge on any atom is 0.411 e. The minimum atomic E-state index is -0.701. The van der Waals surface area contributed by atoms with E-state index in [4.69, 9.17) is 14.6 Å². The molecule has 1 aliphatic heterocycles. The van der Waals surface area contributed by atoms with Crippen LogP contribution in [-0.2, 0) is 21.4 Å². The number of nitrogens with one attached hydrogen (secondary N) is 1. The van der Waals surface area contributed by atoms with Gasteiger partial charge >= 0.3 is 6.09 Å². The minimum absolute atomic E-state index is 0.0521. The first-order valence-corrected chi connectivity index (χ1v) is 17.4. The third kappa shape index (κ3) is 8.79. The Labute approximate surface area is 280 Å². The van der Waals surface area contributed by atoms with Crippen LogP contribution >= 0.6 is 11.9 Å². The van der Waals surface area contributed by atoms with Crippen LogP contribution < -0.4 is 14.4 Å². The lowest BCUT2D eigenvalue weighted by molar-refractivity contribution is -0.123. The molecular weight excluding hydrogens is 598 g/mol. The van der Waals surface area contributed by atoms with Gasteiger partial charge < -0.3 is 19.5 Å². The van der Waals surface area contributed by atoms with Gasteiger partial charge in [-0.25, -0.2) is 4.79 Å². The van der Waals surface area contributed by atoms with Gasteiger partial charge in [-0.2, -0.15) is 0 Å². The lowest BCUT2D eigenvalue weighted by Gasteiger charge is -2.40. The fourth-order valence-electron chi connectivity index (χ4n) is 6.55. The van der Waals surface area contributed by atoms with Crippen LogP contribution in [0.25, 0.3) is 0 Å². The van der Waals surface area contributed by atoms with E-state index in [1.54, 1.807) is 6.92 Å². The summed E-state index contributed by atoms with van der Waals surface area (Å²) in [6, 6.07) is 12.2. The highest BCUT2D eigenvalue weighted by Crippen LogP contribution is 2.44. The number of ether oxygens (including phenoxy) is 2. The quantitative estimate of drug-likeness (QED) is 0.230. The average molecular weight is 652 g/mol. The van der Waals surface area contributed by atoms with Crippen LogP contribution in [0.15, 0.2) is 53.4 Å². The number of carbonyl (C=O) groups excluding carboxylic acids is 2. The molecule has 2 atom stereocenters. The van der Waals surface area contributed by atoms with Crippen molar-refractivity contribution < 1.29 is 24.2 Å². The van der Waals surface area contributed by atoms with E-state index in [-0.39, 0.29) is 11.3 Å². The Balaban J connectivity index is 0.00000235. The van der Waals surface area contributed by atoms with E-state index in [0.717, 1.165) is 61.6 Å². The summed E-state index contributed by atoms with van der Waals surface area (Å²) in [5.74, 6) is 1.36. The second kappa shape index (κ2) is 15.6. The average Bonchev–Trinajstić information content (AvgIpc) is 3.12. The van der Waals surface area contributed by atoms with E-state index >= 15 is 0 Å². The molecule has 3 aliphatic rings. The summed E-state index contributed by atoms with van der Waals surface area (Å²) in [6.45, 7) is 11.3. The lowest BCUT2D eigenvalue weighted by atomic mass is 9.70. The van der Waals surface area contributed by atoms with Crippen molar-refractivity contribution in [2.24, 2.45) is 5.92 Å². The Hall–Kier alpha value is -3.17. The number of rotatable bonds is 8. The zero-order chi connectivity index (χ0) is 33.5. The van der Waals surface area contributed by atoms with Gasteiger partial charge in [0.15, 0.2) is 0 Å². The number of nitrogens with zero attached hydrogens (tertiary/aromatic N) is 2. The van der Waals surface area contributed by atoms with Gasteiger partial charge in [-0.05, 0) is 107 Å². The first kappa shape index (κ1) is 35.7. The molecule has 252 valence electrons. The molecule has 0 aromatic heterocycles. The van der Waals surface area contributed by atoms with Gasteiger partial charge in [0.2, 0.25) is 0 Å². The molecule has 1 saturated carbocycles. The number of likely N-dealkylation sites (N-methyl/N-ethyl adjacent to an activating group) is 1. The minimum Gasteiger partial charge on any atom is -0.490 e. The van der Waals surface area contributed by atoms with Gasteiger partial charge in [0, 0.05) is 37.6 Å². The molecule has 1 fully saturated rings. The van der Waals surface area contributed by atoms with Gasteiger partial charge in [0.25, 0.3) is 5.91 Å². The van der Waals surface area contributed by atoms with E-state index in [1.165, 1.54) is 52.8 Å². The maximum atomic E-state index is 13.3. The Morgan fingerprint density at radius 2 is 1.93 bits per heavy atom. The summed E-state index contributed by atoms with van der Waals surface area (Å²) in [6.07, 6.45) is 11.9. The number of aryl methyl sites for hydroxylation is 2. The molecule has 5 rings (SSSR count). The van der Waals surface area contributed by atoms with E-state index < -0.39 is 17.7 Å². The zero-order valence-electron chi connectivity index (χ0n) is 28.7. The molecule has 2 aromatic carbocycles. The molecule has 9 heteroatoms. The fourth-order valence-corrected chi connectivity index (χ4v) is 7.24. The Kier molecular flexibility index (Phi) is 12.1. The third-order valence-electron chi connectivity index (χ3n) is 9.23. The SMILES string of the molecule is CO.Cc1ccc2c(c1)CCC[C@]21COc2ccc(SNC(=O)[C@@H](C)N(C/C=C\CC3CCC3)C(=O)OC(C)(C)C)cc2N(C)C1. The molecule has 2 aliphatic carbocycles. The molecule has 1 heterocycles. The Bertz CT molecular complexity index is 1390. The van der Waals surface area contributed by atoms with Gasteiger partial charge in [-0.3, -0.25) is 14.4 Å². The van der Waals surface area contributed by atoms with Crippen LogP contribution in [0.4, 0.5) is 10.5 Å². The molecular formula is C37H53N3O5S. The number of aliphatic hydroxyl groups is 1. The van der Waals surface area contributed by atoms with Gasteiger partial charge in [0.1, 0.15) is 17.4 Å². The van der Waals surface area contributed by atoms with Crippen LogP contribution in [-0.4, -0.2) is 67.5 Å². The molecule has 0 radical (unpaired) electrons. The number of anilines is 1. The molecule has 46 heavy (non-hydrogen) atoms. The highest BCUT2D eigenvalue weighted by Gasteiger charge is 2.41. The third-order valence-corrected chi connectivity index (χ3v) is 10.0. The fraction of sp³-hybridized carbons (Fsp3) is 0.568. The van der Waals surface area contributed by atoms with Crippen molar-refractivity contribution in [2.45, 2.75) is 102 Å². The molecule has 8 nitrogen and oxygen atoms in total. The highest BCUT2D eigenvalue weighted by atomic mass is 32.2. The van der Waals surface area contributed by atoms with Crippen LogP contribution in [0.1, 0.15) is 82.9 Å². The molecule has 0 saturated heterocycles. The smallest absolute Gasteiger partial charge is 0.411 e. The summed E-state index contributed by atoms with van der Waals surface area (Å²) in [5, 5.41) is 7.00.